The molecule has 0 saturated carbocycles. The highest BCUT2D eigenvalue weighted by atomic mass is 16.5. The molecule has 0 N–H and O–H groups in total. The van der Waals surface area contributed by atoms with Crippen LogP contribution < -0.4 is 18.9 Å². The molecule has 0 spiro atoms. The minimum atomic E-state index is 0.753. The Labute approximate surface area is 333 Å². The second-order valence-corrected chi connectivity index (χ2v) is 15.9. The van der Waals surface area contributed by atoms with Crippen molar-refractivity contribution in [1.82, 2.24) is 9.80 Å². The van der Waals surface area contributed by atoms with Gasteiger partial charge < -0.3 is 18.9 Å². The van der Waals surface area contributed by atoms with Gasteiger partial charge in [0.2, 0.25) is 0 Å². The molecule has 1 heterocycles. The summed E-state index contributed by atoms with van der Waals surface area (Å²) >= 11 is 0. The van der Waals surface area contributed by atoms with E-state index in [0.717, 1.165) is 101 Å². The number of unbranched alkanes of at least 4 members (excludes halogenated alkanes) is 18. The lowest BCUT2D eigenvalue weighted by Gasteiger charge is -2.35. The molecule has 1 aliphatic rings. The molecule has 2 aromatic carbocycles. The minimum Gasteiger partial charge on any atom is -0.493 e. The maximum absolute atomic E-state index is 6.52. The van der Waals surface area contributed by atoms with E-state index in [0.29, 0.717) is 0 Å². The fourth-order valence-electron chi connectivity index (χ4n) is 7.84. The van der Waals surface area contributed by atoms with Crippen LogP contribution in [0.15, 0.2) is 24.3 Å². The van der Waals surface area contributed by atoms with E-state index < -0.39 is 0 Å². The Morgan fingerprint density at radius 1 is 0.426 bits per heavy atom. The summed E-state index contributed by atoms with van der Waals surface area (Å²) in [5.74, 6) is 3.65. The summed E-state index contributed by atoms with van der Waals surface area (Å²) in [7, 11) is 3.56. The predicted octanol–water partition coefficient (Wildman–Crippen LogP) is 12.7. The number of benzene rings is 2. The molecular formula is C48H82N2O4. The normalized spacial score (nSPS) is 13.7. The summed E-state index contributed by atoms with van der Waals surface area (Å²) in [4.78, 5) is 5.17. The van der Waals surface area contributed by atoms with Crippen molar-refractivity contribution in [3.63, 3.8) is 0 Å². The standard InChI is InChI=1S/C48H82N2O4/c1-7-11-13-15-17-19-21-23-25-27-33-53-47-43(35-41(9-3)37-45(47)51-5)39-49-29-31-50(32-30-49)40-44-36-42(10-4)38-46(52-6)48(44)54-34-28-26-24-22-20-18-16-14-12-8-2/h35-38H,7-34,39-40H2,1-6H3. The molecule has 0 aromatic heterocycles. The van der Waals surface area contributed by atoms with E-state index in [-0.39, 0.29) is 0 Å². The minimum absolute atomic E-state index is 0.753. The third-order valence-corrected chi connectivity index (χ3v) is 11.4. The number of piperazine rings is 1. The van der Waals surface area contributed by atoms with Gasteiger partial charge in [-0.3, -0.25) is 9.80 Å². The zero-order chi connectivity index (χ0) is 38.6. The first-order valence-electron chi connectivity index (χ1n) is 22.7. The van der Waals surface area contributed by atoms with Gasteiger partial charge in [-0.25, -0.2) is 0 Å². The number of ether oxygens (including phenoxy) is 4. The fourth-order valence-corrected chi connectivity index (χ4v) is 7.84. The number of hydrogen-bond acceptors (Lipinski definition) is 6. The topological polar surface area (TPSA) is 43.4 Å². The highest BCUT2D eigenvalue weighted by Crippen LogP contribution is 2.36. The van der Waals surface area contributed by atoms with Gasteiger partial charge in [0.05, 0.1) is 27.4 Å². The number of rotatable bonds is 32. The largest absolute Gasteiger partial charge is 0.493 e. The van der Waals surface area contributed by atoms with Crippen molar-refractivity contribution in [1.29, 1.82) is 0 Å². The Hall–Kier alpha value is -2.44. The van der Waals surface area contributed by atoms with Gasteiger partial charge in [0.25, 0.3) is 0 Å². The number of hydrogen-bond donors (Lipinski definition) is 0. The van der Waals surface area contributed by atoms with E-state index in [1.54, 1.807) is 14.2 Å². The second kappa shape index (κ2) is 28.9. The Balaban J connectivity index is 1.50. The predicted molar refractivity (Wildman–Crippen MR) is 230 cm³/mol. The Morgan fingerprint density at radius 3 is 1.04 bits per heavy atom. The van der Waals surface area contributed by atoms with Crippen LogP contribution in [-0.4, -0.2) is 63.4 Å². The molecule has 2 aromatic rings. The molecule has 1 fully saturated rings. The van der Waals surface area contributed by atoms with Crippen molar-refractivity contribution in [3.8, 4) is 23.0 Å². The molecule has 1 aliphatic heterocycles. The summed E-state index contributed by atoms with van der Waals surface area (Å²) < 4.78 is 24.8. The first kappa shape index (κ1) is 45.9. The quantitative estimate of drug-likeness (QED) is 0.0694. The van der Waals surface area contributed by atoms with Gasteiger partial charge >= 0.3 is 0 Å². The average molecular weight is 751 g/mol. The smallest absolute Gasteiger partial charge is 0.165 e. The summed E-state index contributed by atoms with van der Waals surface area (Å²) in [6.07, 6.45) is 28.5. The van der Waals surface area contributed by atoms with Crippen molar-refractivity contribution in [3.05, 3.63) is 46.5 Å². The third-order valence-electron chi connectivity index (χ3n) is 11.4. The van der Waals surface area contributed by atoms with Crippen LogP contribution in [0.4, 0.5) is 0 Å². The van der Waals surface area contributed by atoms with Crippen LogP contribution in [0.1, 0.15) is 178 Å². The van der Waals surface area contributed by atoms with Crippen LogP contribution in [-0.2, 0) is 25.9 Å². The molecule has 54 heavy (non-hydrogen) atoms. The maximum atomic E-state index is 6.52. The van der Waals surface area contributed by atoms with Gasteiger partial charge in [-0.1, -0.05) is 155 Å². The van der Waals surface area contributed by atoms with E-state index >= 15 is 0 Å². The first-order chi connectivity index (χ1) is 26.6. The van der Waals surface area contributed by atoms with Gasteiger partial charge in [0.15, 0.2) is 23.0 Å². The van der Waals surface area contributed by atoms with Crippen LogP contribution in [0, 0.1) is 0 Å². The summed E-state index contributed by atoms with van der Waals surface area (Å²) in [5, 5.41) is 0. The van der Waals surface area contributed by atoms with Crippen LogP contribution >= 0.6 is 0 Å². The SMILES string of the molecule is CCCCCCCCCCCCOc1c(CN2CCN(Cc3cc(CC)cc(OC)c3OCCCCCCCCCCCC)CC2)cc(CC)cc1OC. The zero-order valence-corrected chi connectivity index (χ0v) is 36.1. The Kier molecular flexibility index (Phi) is 24.6. The number of methoxy groups -OCH3 is 2. The van der Waals surface area contributed by atoms with E-state index in [1.807, 2.05) is 0 Å². The molecular weight excluding hydrogens is 669 g/mol. The molecule has 0 radical (unpaired) electrons. The highest BCUT2D eigenvalue weighted by Gasteiger charge is 2.23. The van der Waals surface area contributed by atoms with Crippen LogP contribution in [0.5, 0.6) is 23.0 Å². The van der Waals surface area contributed by atoms with Gasteiger partial charge in [0, 0.05) is 50.4 Å². The fraction of sp³-hybridized carbons (Fsp3) is 0.750. The maximum Gasteiger partial charge on any atom is 0.165 e. The first-order valence-corrected chi connectivity index (χ1v) is 22.7. The summed E-state index contributed by atoms with van der Waals surface area (Å²) in [6.45, 7) is 16.4. The van der Waals surface area contributed by atoms with Crippen molar-refractivity contribution < 1.29 is 18.9 Å². The molecule has 0 bridgehead atoms. The lowest BCUT2D eigenvalue weighted by Crippen LogP contribution is -2.45. The molecule has 0 atom stereocenters. The summed E-state index contributed by atoms with van der Waals surface area (Å²) in [5.41, 5.74) is 5.13. The van der Waals surface area contributed by atoms with E-state index in [1.165, 1.54) is 138 Å². The molecule has 0 amide bonds. The Bertz CT molecular complexity index is 1150. The van der Waals surface area contributed by atoms with Crippen molar-refractivity contribution in [2.45, 2.75) is 182 Å². The lowest BCUT2D eigenvalue weighted by molar-refractivity contribution is 0.119. The molecule has 308 valence electrons. The van der Waals surface area contributed by atoms with Gasteiger partial charge in [0.1, 0.15) is 0 Å². The summed E-state index contributed by atoms with van der Waals surface area (Å²) in [6, 6.07) is 9.04. The van der Waals surface area contributed by atoms with Crippen molar-refractivity contribution >= 4 is 0 Å². The number of aryl methyl sites for hydroxylation is 2. The van der Waals surface area contributed by atoms with Crippen LogP contribution in [0.2, 0.25) is 0 Å². The van der Waals surface area contributed by atoms with Gasteiger partial charge in [-0.15, -0.1) is 0 Å². The van der Waals surface area contributed by atoms with Crippen LogP contribution in [0.3, 0.4) is 0 Å². The highest BCUT2D eigenvalue weighted by molar-refractivity contribution is 5.50. The lowest BCUT2D eigenvalue weighted by atomic mass is 10.0. The molecule has 3 rings (SSSR count). The monoisotopic (exact) mass is 751 g/mol. The molecule has 1 saturated heterocycles. The van der Waals surface area contributed by atoms with Gasteiger partial charge in [-0.05, 0) is 48.9 Å². The van der Waals surface area contributed by atoms with Crippen LogP contribution in [0.25, 0.3) is 0 Å². The third kappa shape index (κ3) is 17.6. The van der Waals surface area contributed by atoms with E-state index in [9.17, 15) is 0 Å². The van der Waals surface area contributed by atoms with Crippen molar-refractivity contribution in [2.75, 3.05) is 53.6 Å². The molecule has 6 nitrogen and oxygen atoms in total. The molecule has 0 aliphatic carbocycles. The van der Waals surface area contributed by atoms with Gasteiger partial charge in [-0.2, -0.15) is 0 Å². The average Bonchev–Trinajstić information content (AvgIpc) is 3.20. The molecule has 0 unspecified atom stereocenters. The molecule has 6 heteroatoms. The Morgan fingerprint density at radius 2 is 0.741 bits per heavy atom. The van der Waals surface area contributed by atoms with Crippen molar-refractivity contribution in [2.24, 2.45) is 0 Å². The van der Waals surface area contributed by atoms with E-state index in [4.69, 9.17) is 18.9 Å². The number of nitrogens with zero attached hydrogens (tertiary/aromatic N) is 2. The zero-order valence-electron chi connectivity index (χ0n) is 36.1. The van der Waals surface area contributed by atoms with E-state index in [2.05, 4.69) is 61.8 Å². The second-order valence-electron chi connectivity index (χ2n) is 15.9.